The van der Waals surface area contributed by atoms with Gasteiger partial charge in [0.25, 0.3) is 5.91 Å². The van der Waals surface area contributed by atoms with Gasteiger partial charge in [-0.1, -0.05) is 17.2 Å². The summed E-state index contributed by atoms with van der Waals surface area (Å²) in [5.74, 6) is -6.48. The van der Waals surface area contributed by atoms with Crippen LogP contribution in [0.5, 0.6) is 5.88 Å². The Morgan fingerprint density at radius 3 is 2.42 bits per heavy atom. The summed E-state index contributed by atoms with van der Waals surface area (Å²) >= 11 is 5.92. The summed E-state index contributed by atoms with van der Waals surface area (Å²) in [5.41, 5.74) is -2.24. The van der Waals surface area contributed by atoms with Crippen molar-refractivity contribution in [2.75, 3.05) is 12.4 Å². The topological polar surface area (TPSA) is 80.3 Å². The van der Waals surface area contributed by atoms with E-state index in [-0.39, 0.29) is 41.0 Å². The maximum Gasteiger partial charge on any atom is 0.419 e. The molecule has 2 saturated carbocycles. The summed E-state index contributed by atoms with van der Waals surface area (Å²) < 4.78 is 98.0. The van der Waals surface area contributed by atoms with Gasteiger partial charge in [-0.05, 0) is 43.0 Å². The normalized spacial score (nSPS) is 24.0. The van der Waals surface area contributed by atoms with Crippen molar-refractivity contribution in [1.82, 2.24) is 10.3 Å². The third-order valence-corrected chi connectivity index (χ3v) is 6.83. The van der Waals surface area contributed by atoms with Crippen LogP contribution in [0.25, 0.3) is 0 Å². The lowest BCUT2D eigenvalue weighted by atomic mass is 9.83. The van der Waals surface area contributed by atoms with Gasteiger partial charge in [-0.25, -0.2) is 9.37 Å². The van der Waals surface area contributed by atoms with Gasteiger partial charge in [0, 0.05) is 29.9 Å². The van der Waals surface area contributed by atoms with Crippen molar-refractivity contribution in [1.29, 1.82) is 0 Å². The molecule has 0 aliphatic heterocycles. The number of pyridine rings is 1. The number of alkyl halides is 6. The third kappa shape index (κ3) is 5.57. The van der Waals surface area contributed by atoms with Crippen LogP contribution in [0.2, 0.25) is 5.02 Å². The number of nitrogens with one attached hydrogen (secondary N) is 2. The lowest BCUT2D eigenvalue weighted by Gasteiger charge is -2.30. The SMILES string of the molecule is COc1ncc(Cl)cc1C(=O)N[C@@H]1C2CCC(/C2=C/C(F)(F)F)[C@@H]1C(=O)Nc1ccc(F)c(C(F)(F)F)c1. The zero-order chi connectivity index (χ0) is 28.0. The Labute approximate surface area is 216 Å². The maximum absolute atomic E-state index is 13.7. The first-order valence-electron chi connectivity index (χ1n) is 11.2. The van der Waals surface area contributed by atoms with E-state index in [1.807, 2.05) is 0 Å². The fraction of sp³-hybridized carbons (Fsp3) is 0.375. The van der Waals surface area contributed by atoms with E-state index in [0.29, 0.717) is 12.1 Å². The number of ether oxygens (including phenoxy) is 1. The minimum atomic E-state index is -5.04. The van der Waals surface area contributed by atoms with Gasteiger partial charge in [0.15, 0.2) is 0 Å². The van der Waals surface area contributed by atoms with E-state index in [4.69, 9.17) is 16.3 Å². The van der Waals surface area contributed by atoms with Gasteiger partial charge < -0.3 is 15.4 Å². The van der Waals surface area contributed by atoms with E-state index < -0.39 is 65.0 Å². The van der Waals surface area contributed by atoms with Crippen LogP contribution in [0.15, 0.2) is 42.1 Å². The number of anilines is 1. The fourth-order valence-corrected chi connectivity index (χ4v) is 5.37. The Kier molecular flexibility index (Phi) is 7.34. The zero-order valence-corrected chi connectivity index (χ0v) is 20.1. The van der Waals surface area contributed by atoms with Crippen molar-refractivity contribution >= 4 is 29.1 Å². The van der Waals surface area contributed by atoms with E-state index in [2.05, 4.69) is 15.6 Å². The number of nitrogens with zero attached hydrogens (tertiary/aromatic N) is 1. The van der Waals surface area contributed by atoms with E-state index in [0.717, 1.165) is 6.07 Å². The van der Waals surface area contributed by atoms with Crippen molar-refractivity contribution < 1.29 is 45.1 Å². The standard InChI is InChI=1S/C24H19ClF7N3O3/c1-38-22-14(6-10(25)9-33-22)20(36)35-19-13-4-3-12(15(13)8-23(27,28)29)18(19)21(37)34-11-2-5-17(26)16(7-11)24(30,31)32/h2,5-9,12-13,18-19H,3-4H2,1H3,(H,34,37)(H,35,36)/b15-8-/t12?,13?,18-,19+/m0/s1. The van der Waals surface area contributed by atoms with Crippen LogP contribution in [-0.2, 0) is 11.0 Å². The highest BCUT2D eigenvalue weighted by Crippen LogP contribution is 2.54. The Hall–Kier alpha value is -3.35. The minimum Gasteiger partial charge on any atom is -0.480 e. The molecule has 2 aliphatic carbocycles. The van der Waals surface area contributed by atoms with Crippen LogP contribution in [0.1, 0.15) is 28.8 Å². The van der Waals surface area contributed by atoms with Gasteiger partial charge >= 0.3 is 12.4 Å². The highest BCUT2D eigenvalue weighted by atomic mass is 35.5. The van der Waals surface area contributed by atoms with Gasteiger partial charge in [0.05, 0.1) is 23.6 Å². The molecule has 2 amide bonds. The molecule has 1 heterocycles. The first-order chi connectivity index (χ1) is 17.7. The second-order valence-electron chi connectivity index (χ2n) is 8.89. The summed E-state index contributed by atoms with van der Waals surface area (Å²) in [7, 11) is 1.24. The van der Waals surface area contributed by atoms with Gasteiger partial charge in [0.2, 0.25) is 11.8 Å². The van der Waals surface area contributed by atoms with E-state index in [9.17, 15) is 40.3 Å². The lowest BCUT2D eigenvalue weighted by molar-refractivity contribution is -0.140. The van der Waals surface area contributed by atoms with Crippen molar-refractivity contribution in [3.63, 3.8) is 0 Å². The van der Waals surface area contributed by atoms with Gasteiger partial charge in [-0.15, -0.1) is 0 Å². The van der Waals surface area contributed by atoms with Crippen LogP contribution in [-0.4, -0.2) is 36.1 Å². The van der Waals surface area contributed by atoms with Gasteiger partial charge in [0.1, 0.15) is 11.4 Å². The number of fused-ring (bicyclic) bond motifs is 2. The molecule has 14 heteroatoms. The summed E-state index contributed by atoms with van der Waals surface area (Å²) in [6.07, 6.45) is -8.00. The average Bonchev–Trinajstić information content (AvgIpc) is 3.32. The van der Waals surface area contributed by atoms with Crippen LogP contribution in [0, 0.1) is 23.6 Å². The summed E-state index contributed by atoms with van der Waals surface area (Å²) in [5, 5.41) is 4.90. The van der Waals surface area contributed by atoms with Crippen molar-refractivity contribution in [3.8, 4) is 5.88 Å². The summed E-state index contributed by atoms with van der Waals surface area (Å²) in [6, 6.07) is 1.91. The molecule has 2 fully saturated rings. The minimum absolute atomic E-state index is 0.0765. The van der Waals surface area contributed by atoms with Crippen molar-refractivity contribution in [2.45, 2.75) is 31.2 Å². The largest absolute Gasteiger partial charge is 0.480 e. The van der Waals surface area contributed by atoms with Crippen LogP contribution >= 0.6 is 11.6 Å². The molecule has 2 bridgehead atoms. The molecule has 2 unspecified atom stereocenters. The highest BCUT2D eigenvalue weighted by molar-refractivity contribution is 6.30. The molecule has 2 aromatic rings. The number of hydrogen-bond donors (Lipinski definition) is 2. The number of carbonyl (C=O) groups is 2. The van der Waals surface area contributed by atoms with E-state index in [1.165, 1.54) is 19.4 Å². The quantitative estimate of drug-likeness (QED) is 0.356. The summed E-state index contributed by atoms with van der Waals surface area (Å²) in [4.78, 5) is 30.2. The number of hydrogen-bond acceptors (Lipinski definition) is 4. The molecule has 1 aromatic heterocycles. The molecule has 0 saturated heterocycles. The number of carbonyl (C=O) groups excluding carboxylic acids is 2. The Balaban J connectivity index is 1.68. The maximum atomic E-state index is 13.7. The van der Waals surface area contributed by atoms with Crippen LogP contribution in [0.3, 0.4) is 0 Å². The Morgan fingerprint density at radius 2 is 1.79 bits per heavy atom. The van der Waals surface area contributed by atoms with Crippen molar-refractivity contribution in [2.24, 2.45) is 17.8 Å². The second-order valence-corrected chi connectivity index (χ2v) is 9.33. The molecule has 1 aromatic carbocycles. The molecule has 0 radical (unpaired) electrons. The number of halogens is 8. The first kappa shape index (κ1) is 27.7. The number of allylic oxidation sites excluding steroid dienone is 1. The van der Waals surface area contributed by atoms with Gasteiger partial charge in [-0.2, -0.15) is 26.3 Å². The van der Waals surface area contributed by atoms with Crippen LogP contribution in [0.4, 0.5) is 36.4 Å². The van der Waals surface area contributed by atoms with Crippen molar-refractivity contribution in [3.05, 3.63) is 64.1 Å². The summed E-state index contributed by atoms with van der Waals surface area (Å²) in [6.45, 7) is 0. The smallest absolute Gasteiger partial charge is 0.419 e. The third-order valence-electron chi connectivity index (χ3n) is 6.62. The lowest BCUT2D eigenvalue weighted by Crippen LogP contribution is -2.48. The predicted octanol–water partition coefficient (Wildman–Crippen LogP) is 5.78. The van der Waals surface area contributed by atoms with E-state index in [1.54, 1.807) is 0 Å². The number of methoxy groups -OCH3 is 1. The molecule has 6 nitrogen and oxygen atoms in total. The highest BCUT2D eigenvalue weighted by Gasteiger charge is 2.55. The molecule has 2 aliphatic rings. The number of benzene rings is 1. The number of aromatic nitrogens is 1. The predicted molar refractivity (Wildman–Crippen MR) is 121 cm³/mol. The molecule has 4 rings (SSSR count). The fourth-order valence-electron chi connectivity index (χ4n) is 5.21. The monoisotopic (exact) mass is 565 g/mol. The number of amides is 2. The Morgan fingerprint density at radius 1 is 1.11 bits per heavy atom. The second kappa shape index (κ2) is 10.1. The first-order valence-corrected chi connectivity index (χ1v) is 11.5. The molecule has 0 spiro atoms. The molecule has 2 N–H and O–H groups in total. The average molecular weight is 566 g/mol. The van der Waals surface area contributed by atoms with Crippen LogP contribution < -0.4 is 15.4 Å². The Bertz CT molecular complexity index is 1300. The molecule has 38 heavy (non-hydrogen) atoms. The molecule has 4 atom stereocenters. The number of rotatable bonds is 5. The van der Waals surface area contributed by atoms with Gasteiger partial charge in [-0.3, -0.25) is 9.59 Å². The molecule has 204 valence electrons. The molecular formula is C24H19ClF7N3O3. The zero-order valence-electron chi connectivity index (χ0n) is 19.4. The molecular weight excluding hydrogens is 547 g/mol. The van der Waals surface area contributed by atoms with E-state index >= 15 is 0 Å².